The molecule has 1 saturated heterocycles. The molecule has 25 nitrogen and oxygen atoms in total. The number of aliphatic hydroxyl groups excluding tert-OH is 3. The number of hydrogen-bond acceptors (Lipinski definition) is 23. The highest BCUT2D eigenvalue weighted by Gasteiger charge is 2.47. The summed E-state index contributed by atoms with van der Waals surface area (Å²) in [7, 11) is -17.6. The molecular weight excluding hydrogens is 919 g/mol. The number of nitrogen functional groups attached to an aromatic ring is 1. The zero-order valence-electron chi connectivity index (χ0n) is 35.2. The molecule has 0 radical (unpaired) electrons. The fraction of sp³-hybridized carbons (Fsp3) is 0.765. The topological polar surface area (TPSA) is 395 Å². The fourth-order valence-electron chi connectivity index (χ4n) is 6.16. The molecule has 1 aliphatic heterocycles. The molecule has 0 aliphatic carbocycles. The Hall–Kier alpha value is -2.48. The van der Waals surface area contributed by atoms with Crippen molar-refractivity contribution in [3.63, 3.8) is 0 Å². The second kappa shape index (κ2) is 24.9. The van der Waals surface area contributed by atoms with Gasteiger partial charge in [0.05, 0.1) is 27.4 Å². The van der Waals surface area contributed by atoms with Crippen molar-refractivity contribution in [3.05, 3.63) is 12.7 Å². The van der Waals surface area contributed by atoms with Gasteiger partial charge in [0.25, 0.3) is 15.6 Å². The van der Waals surface area contributed by atoms with E-state index in [9.17, 15) is 63.0 Å². The molecule has 0 bridgehead atoms. The molecule has 9 atom stereocenters. The van der Waals surface area contributed by atoms with Crippen LogP contribution < -0.4 is 35.9 Å². The SMILES string of the molecule is CCCCCCCCCC(C)C(O)C(=O)SCCNC(=O)CCNC(=O)[C@H](O)C(C)(C)COP(=O)([O-])OP(=O)([O-])OC[C@H]1O[C@@H](n2cnc3c(N)ncnc32)[C@H](O)[C@@H]1OP(=O)([O-])[O-]. The summed E-state index contributed by atoms with van der Waals surface area (Å²) in [6, 6.07) is 0. The van der Waals surface area contributed by atoms with Crippen molar-refractivity contribution in [2.45, 2.75) is 122 Å². The number of aromatic nitrogens is 4. The number of carbonyl (C=O) groups is 3. The van der Waals surface area contributed by atoms with Crippen molar-refractivity contribution in [1.82, 2.24) is 30.2 Å². The number of fused-ring (bicyclic) bond motifs is 1. The number of phosphoric acid groups is 3. The van der Waals surface area contributed by atoms with Crippen LogP contribution in [-0.4, -0.2) is 114 Å². The zero-order valence-corrected chi connectivity index (χ0v) is 38.7. The second-order valence-electron chi connectivity index (χ2n) is 15.5. The maximum atomic E-state index is 12.6. The van der Waals surface area contributed by atoms with E-state index in [0.29, 0.717) is 0 Å². The summed E-state index contributed by atoms with van der Waals surface area (Å²) < 4.78 is 60.7. The summed E-state index contributed by atoms with van der Waals surface area (Å²) in [5.41, 5.74) is 4.05. The van der Waals surface area contributed by atoms with Gasteiger partial charge in [0, 0.05) is 30.7 Å². The molecule has 2 aromatic rings. The van der Waals surface area contributed by atoms with Crippen molar-refractivity contribution in [3.8, 4) is 0 Å². The Morgan fingerprint density at radius 1 is 0.984 bits per heavy atom. The Bertz CT molecular complexity index is 1960. The Morgan fingerprint density at radius 2 is 1.63 bits per heavy atom. The third-order valence-corrected chi connectivity index (χ3v) is 13.7. The summed E-state index contributed by atoms with van der Waals surface area (Å²) in [6.07, 6.45) is -0.167. The van der Waals surface area contributed by atoms with E-state index in [0.717, 1.165) is 54.7 Å². The molecule has 4 unspecified atom stereocenters. The van der Waals surface area contributed by atoms with Gasteiger partial charge in [0.2, 0.25) is 16.9 Å². The smallest absolute Gasteiger partial charge is 0.274 e. The van der Waals surface area contributed by atoms with Crippen LogP contribution in [0.5, 0.6) is 0 Å². The number of nitrogens with zero attached hydrogens (tertiary/aromatic N) is 4. The fourth-order valence-corrected chi connectivity index (χ4v) is 9.70. The Labute approximate surface area is 368 Å². The number of nitrogens with two attached hydrogens (primary N) is 1. The summed E-state index contributed by atoms with van der Waals surface area (Å²) in [5, 5.41) is 36.3. The van der Waals surface area contributed by atoms with E-state index in [1.807, 2.05) is 6.92 Å². The van der Waals surface area contributed by atoms with Crippen LogP contribution in [0.2, 0.25) is 0 Å². The number of thioether (sulfide) groups is 1. The van der Waals surface area contributed by atoms with Crippen LogP contribution in [0.4, 0.5) is 5.82 Å². The van der Waals surface area contributed by atoms with E-state index in [1.165, 1.54) is 39.5 Å². The number of ether oxygens (including phenoxy) is 1. The molecule has 63 heavy (non-hydrogen) atoms. The Balaban J connectivity index is 1.40. The van der Waals surface area contributed by atoms with Gasteiger partial charge in [0.15, 0.2) is 17.7 Å². The van der Waals surface area contributed by atoms with Crippen LogP contribution >= 0.6 is 35.2 Å². The number of anilines is 1. The van der Waals surface area contributed by atoms with Crippen LogP contribution in [0.15, 0.2) is 12.7 Å². The lowest BCUT2D eigenvalue weighted by Gasteiger charge is -2.36. The molecule has 29 heteroatoms. The zero-order chi connectivity index (χ0) is 47.2. The maximum Gasteiger partial charge on any atom is 0.274 e. The van der Waals surface area contributed by atoms with Gasteiger partial charge in [0.1, 0.15) is 42.4 Å². The minimum Gasteiger partial charge on any atom is -0.790 e. The molecule has 360 valence electrons. The number of aliphatic hydroxyl groups is 3. The van der Waals surface area contributed by atoms with Crippen LogP contribution in [0.1, 0.15) is 91.7 Å². The third kappa shape index (κ3) is 18.0. The van der Waals surface area contributed by atoms with Gasteiger partial charge in [-0.3, -0.25) is 28.1 Å². The first-order chi connectivity index (χ1) is 29.4. The minimum atomic E-state index is -5.93. The molecule has 0 saturated carbocycles. The number of hydrogen-bond donors (Lipinski definition) is 6. The van der Waals surface area contributed by atoms with Gasteiger partial charge in [-0.2, -0.15) is 0 Å². The number of imidazole rings is 1. The summed E-state index contributed by atoms with van der Waals surface area (Å²) in [4.78, 5) is 96.9. The van der Waals surface area contributed by atoms with Gasteiger partial charge in [-0.15, -0.1) is 0 Å². The standard InChI is InChI=1S/C34H60N7O18P3S/c1-5-6-7-8-9-10-11-12-21(2)25(43)33(47)63-16-15-36-23(42)13-14-37-31(46)28(45)34(3,4)18-56-62(53,54)59-61(51,52)55-17-22-27(58-60(48,49)50)26(44)32(57-22)41-20-40-24-29(35)38-19-39-30(24)41/h19-22,25-28,32,43-45H,5-18H2,1-4H3,(H,36,42)(H,37,46)(H,51,52)(H,53,54)(H2,35,38,39)(H2,48,49,50)/p-4/t21?,22-,25?,26-,27-,28+,32-/m1/s1. The Kier molecular flexibility index (Phi) is 21.7. The molecule has 2 aromatic heterocycles. The predicted molar refractivity (Wildman–Crippen MR) is 216 cm³/mol. The van der Waals surface area contributed by atoms with Crippen LogP contribution in [-0.2, 0) is 50.7 Å². The molecule has 1 fully saturated rings. The second-order valence-corrected chi connectivity index (χ2v) is 20.6. The van der Waals surface area contributed by atoms with Crippen molar-refractivity contribution < 1.29 is 85.6 Å². The van der Waals surface area contributed by atoms with E-state index < -0.39 is 90.7 Å². The lowest BCUT2D eigenvalue weighted by atomic mass is 9.87. The van der Waals surface area contributed by atoms with Crippen LogP contribution in [0.25, 0.3) is 11.2 Å². The number of nitrogens with one attached hydrogen (secondary N) is 2. The van der Waals surface area contributed by atoms with E-state index >= 15 is 0 Å². The highest BCUT2D eigenvalue weighted by atomic mass is 32.2. The lowest BCUT2D eigenvalue weighted by molar-refractivity contribution is -0.347. The molecule has 0 spiro atoms. The van der Waals surface area contributed by atoms with Crippen LogP contribution in [0, 0.1) is 11.3 Å². The molecule has 3 rings (SSSR count). The lowest BCUT2D eigenvalue weighted by Crippen LogP contribution is -2.46. The number of rotatable bonds is 29. The molecule has 7 N–H and O–H groups in total. The summed E-state index contributed by atoms with van der Waals surface area (Å²) in [5.74, 6) is -1.60. The molecular formula is C34H56N7O18P3S-4. The largest absolute Gasteiger partial charge is 0.790 e. The first-order valence-corrected chi connectivity index (χ1v) is 25.4. The van der Waals surface area contributed by atoms with Gasteiger partial charge in [-0.25, -0.2) is 19.3 Å². The summed E-state index contributed by atoms with van der Waals surface area (Å²) >= 11 is 0.898. The number of unbranched alkanes of at least 4 members (excludes halogenated alkanes) is 6. The van der Waals surface area contributed by atoms with E-state index in [4.69, 9.17) is 10.5 Å². The molecule has 1 aliphatic rings. The predicted octanol–water partition coefficient (Wildman–Crippen LogP) is -0.726. The van der Waals surface area contributed by atoms with Crippen molar-refractivity contribution in [2.24, 2.45) is 11.3 Å². The van der Waals surface area contributed by atoms with Gasteiger partial charge < -0.3 is 74.1 Å². The molecule has 3 heterocycles. The number of amides is 2. The van der Waals surface area contributed by atoms with Crippen molar-refractivity contribution in [2.75, 3.05) is 37.8 Å². The van der Waals surface area contributed by atoms with Gasteiger partial charge in [-0.05, 0) is 12.3 Å². The van der Waals surface area contributed by atoms with E-state index in [2.05, 4.69) is 50.4 Å². The highest BCUT2D eigenvalue weighted by molar-refractivity contribution is 8.13. The number of phosphoric ester groups is 3. The minimum absolute atomic E-state index is 0.0250. The van der Waals surface area contributed by atoms with E-state index in [-0.39, 0.29) is 53.3 Å². The van der Waals surface area contributed by atoms with Gasteiger partial charge >= 0.3 is 0 Å². The monoisotopic (exact) mass is 975 g/mol. The quantitative estimate of drug-likeness (QED) is 0.0432. The van der Waals surface area contributed by atoms with E-state index in [1.54, 1.807) is 0 Å². The normalized spacial score (nSPS) is 21.6. The molecule has 2 amide bonds. The Morgan fingerprint density at radius 3 is 2.30 bits per heavy atom. The average Bonchev–Trinajstić information content (AvgIpc) is 3.76. The third-order valence-electron chi connectivity index (χ3n) is 9.76. The first-order valence-electron chi connectivity index (χ1n) is 20.0. The van der Waals surface area contributed by atoms with Crippen molar-refractivity contribution >= 4 is 69.1 Å². The number of carbonyl (C=O) groups excluding carboxylic acids is 3. The highest BCUT2D eigenvalue weighted by Crippen LogP contribution is 2.56. The summed E-state index contributed by atoms with van der Waals surface area (Å²) in [6.45, 7) is 3.93. The first kappa shape index (κ1) is 54.9. The average molecular weight is 976 g/mol. The van der Waals surface area contributed by atoms with Crippen molar-refractivity contribution in [1.29, 1.82) is 0 Å². The molecule has 0 aromatic carbocycles. The van der Waals surface area contributed by atoms with Gasteiger partial charge in [-0.1, -0.05) is 84.4 Å². The van der Waals surface area contributed by atoms with Crippen LogP contribution in [0.3, 0.4) is 0 Å². The maximum absolute atomic E-state index is 12.6.